The molecule has 1 N–H and O–H groups in total. The topological polar surface area (TPSA) is 28.2 Å². The highest BCUT2D eigenvalue weighted by molar-refractivity contribution is 7.15. The van der Waals surface area contributed by atoms with Crippen molar-refractivity contribution in [3.05, 3.63) is 10.6 Å². The SMILES string of the molecule is CCCN(C)c1nc(C2CC2)c(CNC(C)C)s1. The smallest absolute Gasteiger partial charge is 0.185 e. The zero-order chi connectivity index (χ0) is 13.1. The molecule has 1 aromatic heterocycles. The lowest BCUT2D eigenvalue weighted by Gasteiger charge is -2.13. The first-order chi connectivity index (χ1) is 8.61. The lowest BCUT2D eigenvalue weighted by atomic mass is 10.2. The van der Waals surface area contributed by atoms with Gasteiger partial charge in [-0.2, -0.15) is 0 Å². The van der Waals surface area contributed by atoms with Gasteiger partial charge in [0.25, 0.3) is 0 Å². The Hall–Kier alpha value is -0.610. The lowest BCUT2D eigenvalue weighted by molar-refractivity contribution is 0.590. The Bertz CT molecular complexity index is 382. The van der Waals surface area contributed by atoms with Crippen LogP contribution in [0.25, 0.3) is 0 Å². The van der Waals surface area contributed by atoms with Gasteiger partial charge in [0, 0.05) is 37.0 Å². The molecule has 0 spiro atoms. The third-order valence-electron chi connectivity index (χ3n) is 3.24. The molecule has 3 nitrogen and oxygen atoms in total. The van der Waals surface area contributed by atoms with E-state index in [0.717, 1.165) is 19.0 Å². The zero-order valence-electron chi connectivity index (χ0n) is 12.0. The Labute approximate surface area is 115 Å². The highest BCUT2D eigenvalue weighted by atomic mass is 32.1. The summed E-state index contributed by atoms with van der Waals surface area (Å²) in [6.45, 7) is 8.67. The molecule has 102 valence electrons. The van der Waals surface area contributed by atoms with Gasteiger partial charge in [-0.15, -0.1) is 11.3 Å². The van der Waals surface area contributed by atoms with Crippen molar-refractivity contribution in [3.8, 4) is 0 Å². The average Bonchev–Trinajstić information content (AvgIpc) is 3.07. The molecule has 18 heavy (non-hydrogen) atoms. The molecule has 4 heteroatoms. The fourth-order valence-electron chi connectivity index (χ4n) is 2.04. The molecule has 0 radical (unpaired) electrons. The zero-order valence-corrected chi connectivity index (χ0v) is 12.8. The molecule has 1 saturated carbocycles. The van der Waals surface area contributed by atoms with E-state index in [2.05, 4.69) is 38.0 Å². The van der Waals surface area contributed by atoms with Gasteiger partial charge in [-0.05, 0) is 19.3 Å². The quantitative estimate of drug-likeness (QED) is 0.821. The molecular formula is C14H25N3S. The molecule has 1 aliphatic carbocycles. The summed E-state index contributed by atoms with van der Waals surface area (Å²) in [6.07, 6.45) is 3.83. The van der Waals surface area contributed by atoms with Gasteiger partial charge < -0.3 is 10.2 Å². The minimum atomic E-state index is 0.538. The van der Waals surface area contributed by atoms with Crippen LogP contribution in [0.15, 0.2) is 0 Å². The molecule has 1 aliphatic rings. The summed E-state index contributed by atoms with van der Waals surface area (Å²) in [5.74, 6) is 0.744. The van der Waals surface area contributed by atoms with Crippen LogP contribution in [-0.2, 0) is 6.54 Å². The summed E-state index contributed by atoms with van der Waals surface area (Å²) < 4.78 is 0. The van der Waals surface area contributed by atoms with Crippen LogP contribution in [-0.4, -0.2) is 24.6 Å². The van der Waals surface area contributed by atoms with Crippen LogP contribution in [0, 0.1) is 0 Å². The Morgan fingerprint density at radius 3 is 2.72 bits per heavy atom. The predicted molar refractivity (Wildman–Crippen MR) is 79.6 cm³/mol. The third-order valence-corrected chi connectivity index (χ3v) is 4.42. The van der Waals surface area contributed by atoms with Crippen LogP contribution in [0.1, 0.15) is 56.5 Å². The van der Waals surface area contributed by atoms with Crippen LogP contribution in [0.2, 0.25) is 0 Å². The minimum Gasteiger partial charge on any atom is -0.351 e. The molecule has 1 aromatic rings. The summed E-state index contributed by atoms with van der Waals surface area (Å²) in [7, 11) is 2.15. The summed E-state index contributed by atoms with van der Waals surface area (Å²) in [5.41, 5.74) is 1.37. The molecule has 2 rings (SSSR count). The number of hydrogen-bond donors (Lipinski definition) is 1. The van der Waals surface area contributed by atoms with Crippen molar-refractivity contribution in [2.75, 3.05) is 18.5 Å². The highest BCUT2D eigenvalue weighted by Crippen LogP contribution is 2.44. The lowest BCUT2D eigenvalue weighted by Crippen LogP contribution is -2.21. The maximum Gasteiger partial charge on any atom is 0.185 e. The van der Waals surface area contributed by atoms with E-state index in [1.165, 1.54) is 35.0 Å². The molecular weight excluding hydrogens is 242 g/mol. The van der Waals surface area contributed by atoms with Crippen LogP contribution >= 0.6 is 11.3 Å². The number of hydrogen-bond acceptors (Lipinski definition) is 4. The van der Waals surface area contributed by atoms with Gasteiger partial charge in [-0.3, -0.25) is 0 Å². The van der Waals surface area contributed by atoms with Crippen molar-refractivity contribution in [2.45, 2.75) is 58.5 Å². The van der Waals surface area contributed by atoms with Gasteiger partial charge >= 0.3 is 0 Å². The van der Waals surface area contributed by atoms with Gasteiger partial charge in [0.1, 0.15) is 0 Å². The average molecular weight is 267 g/mol. The van der Waals surface area contributed by atoms with E-state index in [1.807, 2.05) is 11.3 Å². The van der Waals surface area contributed by atoms with Crippen LogP contribution in [0.5, 0.6) is 0 Å². The fraction of sp³-hybridized carbons (Fsp3) is 0.786. The standard InChI is InChI=1S/C14H25N3S/c1-5-8-17(4)14-16-13(11-6-7-11)12(18-14)9-15-10(2)3/h10-11,15H,5-9H2,1-4H3. The second kappa shape index (κ2) is 6.02. The Morgan fingerprint density at radius 2 is 2.17 bits per heavy atom. The van der Waals surface area contributed by atoms with Gasteiger partial charge in [0.15, 0.2) is 5.13 Å². The summed E-state index contributed by atoms with van der Waals surface area (Å²) >= 11 is 1.87. The van der Waals surface area contributed by atoms with Gasteiger partial charge in [0.05, 0.1) is 5.69 Å². The Kier molecular flexibility index (Phi) is 4.62. The second-order valence-electron chi connectivity index (χ2n) is 5.54. The van der Waals surface area contributed by atoms with Gasteiger partial charge in [-0.25, -0.2) is 4.98 Å². The molecule has 0 amide bonds. The van der Waals surface area contributed by atoms with Crippen LogP contribution in [0.3, 0.4) is 0 Å². The van der Waals surface area contributed by atoms with Crippen molar-refractivity contribution < 1.29 is 0 Å². The van der Waals surface area contributed by atoms with Crippen molar-refractivity contribution in [3.63, 3.8) is 0 Å². The van der Waals surface area contributed by atoms with Crippen molar-refractivity contribution in [1.82, 2.24) is 10.3 Å². The van der Waals surface area contributed by atoms with E-state index in [0.29, 0.717) is 6.04 Å². The number of anilines is 1. The van der Waals surface area contributed by atoms with E-state index < -0.39 is 0 Å². The third kappa shape index (κ3) is 3.45. The van der Waals surface area contributed by atoms with E-state index in [-0.39, 0.29) is 0 Å². The summed E-state index contributed by atoms with van der Waals surface area (Å²) in [5, 5.41) is 4.71. The van der Waals surface area contributed by atoms with Crippen LogP contribution < -0.4 is 10.2 Å². The van der Waals surface area contributed by atoms with E-state index in [4.69, 9.17) is 4.98 Å². The van der Waals surface area contributed by atoms with Gasteiger partial charge in [0.2, 0.25) is 0 Å². The van der Waals surface area contributed by atoms with Crippen molar-refractivity contribution >= 4 is 16.5 Å². The number of aromatic nitrogens is 1. The number of nitrogens with one attached hydrogen (secondary N) is 1. The largest absolute Gasteiger partial charge is 0.351 e. The van der Waals surface area contributed by atoms with Crippen molar-refractivity contribution in [1.29, 1.82) is 0 Å². The summed E-state index contributed by atoms with van der Waals surface area (Å²) in [6, 6.07) is 0.538. The monoisotopic (exact) mass is 267 g/mol. The molecule has 0 aliphatic heterocycles. The highest BCUT2D eigenvalue weighted by Gasteiger charge is 2.30. The first-order valence-corrected chi connectivity index (χ1v) is 7.87. The fourth-order valence-corrected chi connectivity index (χ4v) is 3.13. The normalized spacial score (nSPS) is 15.4. The number of nitrogens with zero attached hydrogens (tertiary/aromatic N) is 2. The maximum absolute atomic E-state index is 4.87. The van der Waals surface area contributed by atoms with E-state index in [1.54, 1.807) is 0 Å². The molecule has 1 heterocycles. The Morgan fingerprint density at radius 1 is 1.44 bits per heavy atom. The number of rotatable bonds is 7. The second-order valence-corrected chi connectivity index (χ2v) is 6.60. The van der Waals surface area contributed by atoms with E-state index >= 15 is 0 Å². The minimum absolute atomic E-state index is 0.538. The molecule has 0 bridgehead atoms. The maximum atomic E-state index is 4.87. The van der Waals surface area contributed by atoms with E-state index in [9.17, 15) is 0 Å². The molecule has 0 atom stereocenters. The predicted octanol–water partition coefficient (Wildman–Crippen LogP) is 3.36. The molecule has 0 unspecified atom stereocenters. The Balaban J connectivity index is 2.10. The molecule has 1 fully saturated rings. The van der Waals surface area contributed by atoms with Crippen molar-refractivity contribution in [2.24, 2.45) is 0 Å². The van der Waals surface area contributed by atoms with Gasteiger partial charge in [-0.1, -0.05) is 20.8 Å². The summed E-state index contributed by atoms with van der Waals surface area (Å²) in [4.78, 5) is 8.61. The number of thiazole rings is 1. The molecule has 0 aromatic carbocycles. The first kappa shape index (κ1) is 13.8. The van der Waals surface area contributed by atoms with Crippen LogP contribution in [0.4, 0.5) is 5.13 Å². The molecule has 0 saturated heterocycles. The first-order valence-electron chi connectivity index (χ1n) is 7.06.